The van der Waals surface area contributed by atoms with Crippen LogP contribution in [0.4, 0.5) is 0 Å². The minimum absolute atomic E-state index is 0. The maximum absolute atomic E-state index is 4.22. The molecular weight excluding hydrogens is 914 g/mol. The minimum atomic E-state index is 0. The van der Waals surface area contributed by atoms with E-state index in [-0.39, 0.29) is 301 Å². The van der Waals surface area contributed by atoms with E-state index in [0.29, 0.717) is 0 Å². The second kappa shape index (κ2) is 764000. The summed E-state index contributed by atoms with van der Waals surface area (Å²) in [6, 6.07) is 0. The number of rotatable bonds is 0. The Balaban J connectivity index is -0.0000000000148. The van der Waals surface area contributed by atoms with Gasteiger partial charge in [-0.15, -0.1) is 0 Å². The van der Waals surface area contributed by atoms with Crippen molar-refractivity contribution in [1.29, 1.82) is 0 Å². The van der Waals surface area contributed by atoms with Crippen molar-refractivity contribution in [3.63, 3.8) is 0 Å². The molecule has 0 fully saturated rings. The van der Waals surface area contributed by atoms with Crippen LogP contribution < -0.4 is 0 Å². The van der Waals surface area contributed by atoms with Crippen LogP contribution in [0.2, 0.25) is 0 Å². The maximum atomic E-state index is 4.22. The first-order valence-electron chi connectivity index (χ1n) is 0.309. The van der Waals surface area contributed by atoms with E-state index in [1.165, 1.54) is 0 Å². The zero-order chi connectivity index (χ0) is 4.00. The molecule has 0 aromatic rings. The zero-order valence-electron chi connectivity index (χ0n) is 21.6. The number of halogens is 4. The molecule has 0 rings (SSSR count). The Labute approximate surface area is 344 Å². The molecule has 80 N–H and O–H groups in total. The Bertz CT molecular complexity index is 59.0. The Morgan fingerprint density at radius 2 is 0.0909 bits per heavy atom. The molecule has 0 saturated carbocycles. The van der Waals surface area contributed by atoms with E-state index < -0.39 is 0 Å². The highest BCUT2D eigenvalue weighted by Gasteiger charge is 1.26. The average Bonchev–Trinajstić information content (AvgIpc) is 1.50. The summed E-state index contributed by atoms with van der Waals surface area (Å²) < 4.78 is 0. The molecule has 0 radical (unpaired) electrons. The molecule has 0 bridgehead atoms. The van der Waals surface area contributed by atoms with Crippen molar-refractivity contribution < 1.29 is 241 Å². The molecule has 0 aromatic carbocycles. The van der Waals surface area contributed by atoms with Gasteiger partial charge in [-0.2, -0.15) is 0 Å². The molecule has 0 saturated heterocycles. The normalized spacial score (nSPS) is 0.218. The lowest BCUT2D eigenvalue weighted by atomic mass is 12.0. The summed E-state index contributed by atoms with van der Waals surface area (Å²) in [6.45, 7) is 0. The zero-order valence-corrected chi connectivity index (χ0v) is 24.7. The summed E-state index contributed by atoms with van der Waals surface area (Å²) >= 11 is 0. The minimum Gasteiger partial charge on any atom is -0.412 e. The van der Waals surface area contributed by atoms with E-state index >= 15 is 0 Å². The predicted octanol–water partition coefficient (Wildman–Crippen LogP) is -25.1. The van der Waals surface area contributed by atoms with Crippen LogP contribution in [0.1, 0.15) is 81.7 Å². The van der Waals surface area contributed by atoms with E-state index in [4.69, 9.17) is 0 Å². The fourth-order valence-electron chi connectivity index (χ4n) is 0. The third kappa shape index (κ3) is 735000. The van der Waals surface area contributed by atoms with Crippen molar-refractivity contribution in [3.05, 3.63) is 0 Å². The first-order valence-corrected chi connectivity index (χ1v) is 2.78. The van der Waals surface area contributed by atoms with Gasteiger partial charge in [-0.3, -0.25) is 0 Å². The summed E-state index contributed by atoms with van der Waals surface area (Å²) in [5.41, 5.74) is 0. The molecule has 0 aliphatic carbocycles. The van der Waals surface area contributed by atoms with Gasteiger partial charge < -0.3 is 219 Å². The maximum Gasteiger partial charge on any atom is 0.267 e. The molecule has 0 amide bonds. The van der Waals surface area contributed by atoms with Crippen molar-refractivity contribution in [2.45, 2.75) is 81.7 Å². The van der Waals surface area contributed by atoms with Gasteiger partial charge in [0.2, 0.25) is 21.7 Å². The van der Waals surface area contributed by atoms with Crippen molar-refractivity contribution >= 4 is 21.7 Å². The SMILES string of the molecule is C.C.C.C.C.C.C.C.C.C.C.Cl[ClH+].Cl[ClH+].O.O.O.O.O.O.O.O.O.O.O.O.O.O.O.O.O.O.O.O.O.O.O.O.O.O.O.O.O.O.O.O.O.O.O.O.O.O.O.O. The largest absolute Gasteiger partial charge is 0.412 e. The number of hydrogen-bond donors (Lipinski definition) is 0. The molecule has 55 heavy (non-hydrogen) atoms. The van der Waals surface area contributed by atoms with Gasteiger partial charge in [0, 0.05) is 0 Å². The molecule has 0 unspecified atom stereocenters. The third-order valence-corrected chi connectivity index (χ3v) is 0. The van der Waals surface area contributed by atoms with Gasteiger partial charge in [-0.25, -0.2) is 0 Å². The highest BCUT2D eigenvalue weighted by atomic mass is 36.5. The highest BCUT2D eigenvalue weighted by Crippen LogP contribution is 1.40. The fourth-order valence-corrected chi connectivity index (χ4v) is 0. The van der Waals surface area contributed by atoms with Crippen LogP contribution in [0, 0.1) is 21.7 Å². The molecular formula is C11H126Cl4O40+2. The first-order chi connectivity index (χ1) is 2.00. The summed E-state index contributed by atoms with van der Waals surface area (Å²) in [6.07, 6.45) is 0. The van der Waals surface area contributed by atoms with Crippen LogP contribution in [0.5, 0.6) is 0 Å². The summed E-state index contributed by atoms with van der Waals surface area (Å²) in [5, 5.41) is 0. The van der Waals surface area contributed by atoms with Gasteiger partial charge in [-0.05, 0) is 0 Å². The Hall–Kier alpha value is -0.440. The topological polar surface area (TPSA) is 1260 Å². The van der Waals surface area contributed by atoms with Gasteiger partial charge in [0.05, 0.1) is 0 Å². The summed E-state index contributed by atoms with van der Waals surface area (Å²) in [5.74, 6) is 0. The van der Waals surface area contributed by atoms with Crippen molar-refractivity contribution in [2.24, 2.45) is 0 Å². The van der Waals surface area contributed by atoms with Crippen molar-refractivity contribution in [2.75, 3.05) is 0 Å². The molecule has 0 aromatic heterocycles. The van der Waals surface area contributed by atoms with Gasteiger partial charge >= 0.3 is 0 Å². The van der Waals surface area contributed by atoms with Crippen LogP contribution in [0.15, 0.2) is 0 Å². The standard InChI is InChI=1S/11CH4.2Cl2H.40H2O/c;;;;;;;;;;;2*1-2;;;;;;;;;;;;;;;;;;;;;;;;;;;;;;;;;;;;;;;;/h11*1H4;2*1H;40*1H2/q;;;;;;;;;;;2*+1;;;;;;;;;;;;;;;;;;;;;;;;;;;;;;;;;;;;;;;;. The first kappa shape index (κ1) is 64300. The Morgan fingerprint density at radius 3 is 0.0909 bits per heavy atom. The smallest absolute Gasteiger partial charge is 0.267 e. The third-order valence-electron chi connectivity index (χ3n) is 0. The van der Waals surface area contributed by atoms with E-state index in [1.807, 2.05) is 0 Å². The lowest BCUT2D eigenvalue weighted by Crippen LogP contribution is -0.713. The molecule has 0 atom stereocenters. The molecule has 436 valence electrons. The fraction of sp³-hybridized carbons (Fsp3) is 1.00. The molecule has 0 spiro atoms. The molecule has 44 heteroatoms. The van der Waals surface area contributed by atoms with Gasteiger partial charge in [0.25, 0.3) is 21.7 Å². The van der Waals surface area contributed by atoms with Crippen molar-refractivity contribution in [3.8, 4) is 0 Å². The van der Waals surface area contributed by atoms with Crippen molar-refractivity contribution in [1.82, 2.24) is 0 Å². The second-order valence-electron chi connectivity index (χ2n) is 0. The number of hydrogen-bond acceptors (Lipinski definition) is 0. The highest BCUT2D eigenvalue weighted by molar-refractivity contribution is 6.02. The molecule has 0 aliphatic heterocycles. The van der Waals surface area contributed by atoms with E-state index in [0.717, 1.165) is 0 Å². The predicted molar refractivity (Wildman–Crippen MR) is 233 cm³/mol. The van der Waals surface area contributed by atoms with E-state index in [2.05, 4.69) is 43.4 Å². The average molecular weight is 1040 g/mol. The molecule has 0 heterocycles. The van der Waals surface area contributed by atoms with Gasteiger partial charge in [0.15, 0.2) is 0 Å². The van der Waals surface area contributed by atoms with E-state index in [1.54, 1.807) is 0 Å². The van der Waals surface area contributed by atoms with E-state index in [9.17, 15) is 0 Å². The molecule has 40 nitrogen and oxygen atoms in total. The monoisotopic (exact) mass is 1040 g/mol. The van der Waals surface area contributed by atoms with Crippen LogP contribution in [-0.4, -0.2) is 219 Å². The Kier molecular flexibility index (Phi) is 894000000. The summed E-state index contributed by atoms with van der Waals surface area (Å²) in [7, 11) is 15.6. The Morgan fingerprint density at radius 1 is 0.0909 bits per heavy atom. The molecule has 0 aliphatic rings. The van der Waals surface area contributed by atoms with Crippen LogP contribution >= 0.6 is 21.7 Å². The van der Waals surface area contributed by atoms with Gasteiger partial charge in [-0.1, -0.05) is 81.7 Å². The van der Waals surface area contributed by atoms with Crippen LogP contribution in [-0.2, 0) is 0 Å². The van der Waals surface area contributed by atoms with Crippen LogP contribution in [0.25, 0.3) is 0 Å². The lowest BCUT2D eigenvalue weighted by molar-refractivity contribution is -0.167. The second-order valence-corrected chi connectivity index (χ2v) is 0. The van der Waals surface area contributed by atoms with Crippen LogP contribution in [0.3, 0.4) is 0 Å². The quantitative estimate of drug-likeness (QED) is 0.218. The van der Waals surface area contributed by atoms with Gasteiger partial charge in [0.1, 0.15) is 0 Å². The summed E-state index contributed by atoms with van der Waals surface area (Å²) in [4.78, 5) is 0. The lowest BCUT2D eigenvalue weighted by Gasteiger charge is -0.744.